The van der Waals surface area contributed by atoms with Crippen molar-refractivity contribution < 1.29 is 27.8 Å². The molecular formula is C19H20F3NO3. The van der Waals surface area contributed by atoms with Crippen LogP contribution < -0.4 is 10.5 Å². The van der Waals surface area contributed by atoms with Gasteiger partial charge in [-0.15, -0.1) is 0 Å². The minimum absolute atomic E-state index is 0.193. The van der Waals surface area contributed by atoms with E-state index in [0.717, 1.165) is 17.7 Å². The number of ketones is 1. The highest BCUT2D eigenvalue weighted by Gasteiger charge is 2.37. The monoisotopic (exact) mass is 367 g/mol. The SMILES string of the molecule is CC(C)C(=O)c1ccc(C(F)(F)F)c(OCc2ccc(CN)cc2)c1O. The number of phenols is 1. The molecule has 0 aliphatic heterocycles. The molecule has 26 heavy (non-hydrogen) atoms. The molecule has 2 aromatic rings. The second-order valence-corrected chi connectivity index (χ2v) is 6.16. The van der Waals surface area contributed by atoms with Gasteiger partial charge in [0.15, 0.2) is 17.3 Å². The first-order valence-electron chi connectivity index (χ1n) is 8.03. The molecule has 0 radical (unpaired) electrons. The van der Waals surface area contributed by atoms with Gasteiger partial charge in [0.05, 0.1) is 5.56 Å². The van der Waals surface area contributed by atoms with Crippen molar-refractivity contribution in [3.8, 4) is 11.5 Å². The second kappa shape index (κ2) is 7.78. The fourth-order valence-electron chi connectivity index (χ4n) is 2.38. The summed E-state index contributed by atoms with van der Waals surface area (Å²) in [5.41, 5.74) is 5.66. The van der Waals surface area contributed by atoms with Crippen LogP contribution in [0.15, 0.2) is 36.4 Å². The van der Waals surface area contributed by atoms with E-state index in [4.69, 9.17) is 10.5 Å². The molecule has 2 rings (SSSR count). The Hall–Kier alpha value is -2.54. The minimum Gasteiger partial charge on any atom is -0.504 e. The van der Waals surface area contributed by atoms with Crippen LogP contribution in [0.4, 0.5) is 13.2 Å². The zero-order valence-corrected chi connectivity index (χ0v) is 14.4. The van der Waals surface area contributed by atoms with E-state index in [-0.39, 0.29) is 12.2 Å². The van der Waals surface area contributed by atoms with E-state index in [1.807, 2.05) is 0 Å². The molecule has 0 aliphatic rings. The Morgan fingerprint density at radius 2 is 1.69 bits per heavy atom. The van der Waals surface area contributed by atoms with E-state index >= 15 is 0 Å². The third kappa shape index (κ3) is 4.35. The van der Waals surface area contributed by atoms with Gasteiger partial charge >= 0.3 is 6.18 Å². The Morgan fingerprint density at radius 3 is 2.19 bits per heavy atom. The quantitative estimate of drug-likeness (QED) is 0.747. The Kier molecular flexibility index (Phi) is 5.92. The third-order valence-corrected chi connectivity index (χ3v) is 3.87. The van der Waals surface area contributed by atoms with Crippen LogP contribution in [0.3, 0.4) is 0 Å². The highest BCUT2D eigenvalue weighted by Crippen LogP contribution is 2.43. The summed E-state index contributed by atoms with van der Waals surface area (Å²) in [4.78, 5) is 12.1. The summed E-state index contributed by atoms with van der Waals surface area (Å²) in [5, 5.41) is 10.3. The predicted octanol–water partition coefficient (Wildman–Crippen LogP) is 4.29. The molecule has 0 atom stereocenters. The van der Waals surface area contributed by atoms with Crippen LogP contribution in [-0.4, -0.2) is 10.9 Å². The van der Waals surface area contributed by atoms with Crippen molar-refractivity contribution in [3.63, 3.8) is 0 Å². The molecule has 0 saturated carbocycles. The number of alkyl halides is 3. The van der Waals surface area contributed by atoms with Gasteiger partial charge in [-0.1, -0.05) is 38.1 Å². The summed E-state index contributed by atoms with van der Waals surface area (Å²) in [6, 6.07) is 8.56. The molecule has 0 heterocycles. The van der Waals surface area contributed by atoms with Crippen molar-refractivity contribution in [2.75, 3.05) is 0 Å². The first kappa shape index (κ1) is 19.8. The van der Waals surface area contributed by atoms with Crippen LogP contribution in [0.25, 0.3) is 0 Å². The summed E-state index contributed by atoms with van der Waals surface area (Å²) < 4.78 is 45.0. The number of halogens is 3. The summed E-state index contributed by atoms with van der Waals surface area (Å²) in [6.07, 6.45) is -4.73. The smallest absolute Gasteiger partial charge is 0.420 e. The molecular weight excluding hydrogens is 347 g/mol. The standard InChI is InChI=1S/C19H20F3NO3/c1-11(2)16(24)14-7-8-15(19(20,21)22)18(17(14)25)26-10-13-5-3-12(9-23)4-6-13/h3-8,11,25H,9-10,23H2,1-2H3. The number of benzene rings is 2. The third-order valence-electron chi connectivity index (χ3n) is 3.87. The first-order chi connectivity index (χ1) is 12.1. The van der Waals surface area contributed by atoms with Gasteiger partial charge in [0, 0.05) is 12.5 Å². The molecule has 140 valence electrons. The first-order valence-corrected chi connectivity index (χ1v) is 8.03. The summed E-state index contributed by atoms with van der Waals surface area (Å²) in [6.45, 7) is 3.35. The Bertz CT molecular complexity index is 784. The number of carbonyl (C=O) groups excluding carboxylic acids is 1. The summed E-state index contributed by atoms with van der Waals surface area (Å²) >= 11 is 0. The number of ether oxygens (including phenoxy) is 1. The average molecular weight is 367 g/mol. The lowest BCUT2D eigenvalue weighted by Gasteiger charge is -2.18. The van der Waals surface area contributed by atoms with Crippen molar-refractivity contribution in [2.45, 2.75) is 33.2 Å². The molecule has 0 bridgehead atoms. The van der Waals surface area contributed by atoms with Gasteiger partial charge in [-0.25, -0.2) is 0 Å². The van der Waals surface area contributed by atoms with E-state index < -0.39 is 34.9 Å². The van der Waals surface area contributed by atoms with Gasteiger partial charge in [0.25, 0.3) is 0 Å². The maximum atomic E-state index is 13.3. The molecule has 0 saturated heterocycles. The second-order valence-electron chi connectivity index (χ2n) is 6.16. The van der Waals surface area contributed by atoms with Crippen LogP contribution in [0.5, 0.6) is 11.5 Å². The van der Waals surface area contributed by atoms with E-state index in [1.54, 1.807) is 38.1 Å². The van der Waals surface area contributed by atoms with Gasteiger partial charge in [0.1, 0.15) is 12.2 Å². The van der Waals surface area contributed by atoms with Gasteiger partial charge in [-0.3, -0.25) is 4.79 Å². The van der Waals surface area contributed by atoms with Crippen LogP contribution in [0, 0.1) is 5.92 Å². The molecule has 0 unspecified atom stereocenters. The number of nitrogens with two attached hydrogens (primary N) is 1. The lowest BCUT2D eigenvalue weighted by Crippen LogP contribution is -2.13. The van der Waals surface area contributed by atoms with Crippen molar-refractivity contribution in [2.24, 2.45) is 11.7 Å². The molecule has 3 N–H and O–H groups in total. The van der Waals surface area contributed by atoms with Gasteiger partial charge < -0.3 is 15.6 Å². The largest absolute Gasteiger partial charge is 0.504 e. The fourth-order valence-corrected chi connectivity index (χ4v) is 2.38. The van der Waals surface area contributed by atoms with E-state index in [0.29, 0.717) is 12.1 Å². The number of rotatable bonds is 6. The minimum atomic E-state index is -4.73. The maximum Gasteiger partial charge on any atom is 0.420 e. The van der Waals surface area contributed by atoms with E-state index in [2.05, 4.69) is 0 Å². The number of carbonyl (C=O) groups is 1. The molecule has 0 fully saturated rings. The maximum absolute atomic E-state index is 13.3. The Morgan fingerprint density at radius 1 is 1.12 bits per heavy atom. The summed E-state index contributed by atoms with van der Waals surface area (Å²) in [5.74, 6) is -2.48. The average Bonchev–Trinajstić information content (AvgIpc) is 2.59. The fraction of sp³-hybridized carbons (Fsp3) is 0.316. The molecule has 7 heteroatoms. The molecule has 4 nitrogen and oxygen atoms in total. The molecule has 0 spiro atoms. The van der Waals surface area contributed by atoms with E-state index in [1.165, 1.54) is 0 Å². The Labute approximate surface area is 149 Å². The van der Waals surface area contributed by atoms with Crippen molar-refractivity contribution >= 4 is 5.78 Å². The molecule has 0 amide bonds. The molecule has 2 aromatic carbocycles. The lowest BCUT2D eigenvalue weighted by atomic mass is 9.98. The zero-order chi connectivity index (χ0) is 19.5. The summed E-state index contributed by atoms with van der Waals surface area (Å²) in [7, 11) is 0. The van der Waals surface area contributed by atoms with Crippen molar-refractivity contribution in [1.82, 2.24) is 0 Å². The van der Waals surface area contributed by atoms with Crippen LogP contribution in [-0.2, 0) is 19.3 Å². The van der Waals surface area contributed by atoms with Crippen LogP contribution in [0.2, 0.25) is 0 Å². The number of Topliss-reactive ketones (excluding diaryl/α,β-unsaturated/α-hetero) is 1. The van der Waals surface area contributed by atoms with Crippen LogP contribution in [0.1, 0.15) is 40.9 Å². The van der Waals surface area contributed by atoms with Gasteiger partial charge in [-0.05, 0) is 23.3 Å². The number of phenolic OH excluding ortho intramolecular Hbond substituents is 1. The highest BCUT2D eigenvalue weighted by molar-refractivity contribution is 6.00. The van der Waals surface area contributed by atoms with Gasteiger partial charge in [0.2, 0.25) is 0 Å². The molecule has 0 aromatic heterocycles. The Balaban J connectivity index is 2.39. The zero-order valence-electron chi connectivity index (χ0n) is 14.4. The highest BCUT2D eigenvalue weighted by atomic mass is 19.4. The molecule has 0 aliphatic carbocycles. The number of hydrogen-bond acceptors (Lipinski definition) is 4. The van der Waals surface area contributed by atoms with Crippen molar-refractivity contribution in [3.05, 3.63) is 58.7 Å². The number of aromatic hydroxyl groups is 1. The van der Waals surface area contributed by atoms with E-state index in [9.17, 15) is 23.1 Å². The van der Waals surface area contributed by atoms with Gasteiger partial charge in [-0.2, -0.15) is 13.2 Å². The van der Waals surface area contributed by atoms with Crippen LogP contribution >= 0.6 is 0 Å². The number of hydrogen-bond donors (Lipinski definition) is 2. The lowest BCUT2D eigenvalue weighted by molar-refractivity contribution is -0.139. The van der Waals surface area contributed by atoms with Crippen molar-refractivity contribution in [1.29, 1.82) is 0 Å². The topological polar surface area (TPSA) is 72.5 Å². The normalized spacial score (nSPS) is 11.7. The predicted molar refractivity (Wildman–Crippen MR) is 90.9 cm³/mol.